The second kappa shape index (κ2) is 3.05. The molecule has 4 heteroatoms. The summed E-state index contributed by atoms with van der Waals surface area (Å²) in [4.78, 5) is 17.9. The van der Waals surface area contributed by atoms with E-state index < -0.39 is 0 Å². The molecule has 0 bridgehead atoms. The van der Waals surface area contributed by atoms with Crippen LogP contribution in [0.2, 0.25) is 0 Å². The average molecular weight is 177 g/mol. The van der Waals surface area contributed by atoms with Gasteiger partial charge in [0.2, 0.25) is 0 Å². The molecule has 68 valence electrons. The second-order valence-corrected chi connectivity index (χ2v) is 2.98. The van der Waals surface area contributed by atoms with Gasteiger partial charge in [0, 0.05) is 12.7 Å². The molecule has 0 radical (unpaired) electrons. The number of H-pyrrole nitrogens is 1. The molecule has 4 nitrogen and oxygen atoms in total. The van der Waals surface area contributed by atoms with Crippen molar-refractivity contribution in [2.24, 2.45) is 0 Å². The largest absolute Gasteiger partial charge is 0.330 e. The molecule has 0 saturated heterocycles. The summed E-state index contributed by atoms with van der Waals surface area (Å²) < 4.78 is 1.99. The van der Waals surface area contributed by atoms with Crippen molar-refractivity contribution < 1.29 is 0 Å². The van der Waals surface area contributed by atoms with Crippen LogP contribution in [0.5, 0.6) is 0 Å². The van der Waals surface area contributed by atoms with Crippen LogP contribution in [0.15, 0.2) is 23.4 Å². The first kappa shape index (κ1) is 8.04. The predicted molar refractivity (Wildman–Crippen MR) is 50.6 cm³/mol. The number of aromatic nitrogens is 3. The normalized spacial score (nSPS) is 10.8. The topological polar surface area (TPSA) is 50.7 Å². The van der Waals surface area contributed by atoms with Gasteiger partial charge in [-0.05, 0) is 12.5 Å². The molecule has 0 aromatic carbocycles. The van der Waals surface area contributed by atoms with Crippen molar-refractivity contribution >= 4 is 11.0 Å². The predicted octanol–water partition coefficient (Wildman–Crippen LogP) is 1.13. The zero-order chi connectivity index (χ0) is 9.26. The minimum Gasteiger partial charge on any atom is -0.330 e. The number of aryl methyl sites for hydroxylation is 1. The number of aromatic amines is 1. The Bertz CT molecular complexity index is 469. The van der Waals surface area contributed by atoms with Gasteiger partial charge in [0.1, 0.15) is 0 Å². The van der Waals surface area contributed by atoms with Crippen molar-refractivity contribution in [2.75, 3.05) is 0 Å². The van der Waals surface area contributed by atoms with Gasteiger partial charge in [0.15, 0.2) is 5.52 Å². The molecule has 1 N–H and O–H groups in total. The standard InChI is InChI=1S/C9H11N3O/c1-2-5-12-6-11-8-7(12)3-4-10-9(8)13/h3-4,6H,2,5H2,1H3,(H,10,13). The summed E-state index contributed by atoms with van der Waals surface area (Å²) in [5.41, 5.74) is 1.31. The molecule has 2 aromatic heterocycles. The Morgan fingerprint density at radius 1 is 1.62 bits per heavy atom. The van der Waals surface area contributed by atoms with E-state index >= 15 is 0 Å². The molecule has 0 aliphatic carbocycles. The molecule has 2 aromatic rings. The molecule has 0 aliphatic rings. The van der Waals surface area contributed by atoms with E-state index in [1.165, 1.54) is 0 Å². The van der Waals surface area contributed by atoms with E-state index in [0.29, 0.717) is 5.52 Å². The van der Waals surface area contributed by atoms with Crippen LogP contribution in [-0.4, -0.2) is 14.5 Å². The van der Waals surface area contributed by atoms with E-state index in [-0.39, 0.29) is 5.56 Å². The van der Waals surface area contributed by atoms with Gasteiger partial charge in [-0.2, -0.15) is 0 Å². The number of pyridine rings is 1. The molecule has 0 spiro atoms. The van der Waals surface area contributed by atoms with Gasteiger partial charge in [-0.15, -0.1) is 0 Å². The molecule has 0 amide bonds. The first-order valence-corrected chi connectivity index (χ1v) is 4.35. The molecule has 0 fully saturated rings. The van der Waals surface area contributed by atoms with Crippen LogP contribution >= 0.6 is 0 Å². The summed E-state index contributed by atoms with van der Waals surface area (Å²) in [5.74, 6) is 0. The van der Waals surface area contributed by atoms with Gasteiger partial charge in [0.05, 0.1) is 11.8 Å². The maximum Gasteiger partial charge on any atom is 0.276 e. The Labute approximate surface area is 75.2 Å². The zero-order valence-corrected chi connectivity index (χ0v) is 7.45. The lowest BCUT2D eigenvalue weighted by atomic mass is 10.4. The maximum atomic E-state index is 11.3. The second-order valence-electron chi connectivity index (χ2n) is 2.98. The van der Waals surface area contributed by atoms with E-state index in [0.717, 1.165) is 18.5 Å². The van der Waals surface area contributed by atoms with Gasteiger partial charge < -0.3 is 9.55 Å². The lowest BCUT2D eigenvalue weighted by Gasteiger charge is -1.99. The number of hydrogen-bond donors (Lipinski definition) is 1. The van der Waals surface area contributed by atoms with E-state index in [1.807, 2.05) is 10.6 Å². The van der Waals surface area contributed by atoms with Gasteiger partial charge >= 0.3 is 0 Å². The SMILES string of the molecule is CCCn1cnc2c(=O)[nH]ccc21. The maximum absolute atomic E-state index is 11.3. The monoisotopic (exact) mass is 177 g/mol. The highest BCUT2D eigenvalue weighted by atomic mass is 16.1. The fraction of sp³-hybridized carbons (Fsp3) is 0.333. The molecule has 0 atom stereocenters. The average Bonchev–Trinajstić information content (AvgIpc) is 2.51. The summed E-state index contributed by atoms with van der Waals surface area (Å²) >= 11 is 0. The van der Waals surface area contributed by atoms with E-state index in [9.17, 15) is 4.79 Å². The van der Waals surface area contributed by atoms with E-state index in [1.54, 1.807) is 12.5 Å². The summed E-state index contributed by atoms with van der Waals surface area (Å²) in [6.07, 6.45) is 4.40. The molecule has 2 heterocycles. The van der Waals surface area contributed by atoms with Gasteiger partial charge in [0.25, 0.3) is 5.56 Å². The highest BCUT2D eigenvalue weighted by Gasteiger charge is 2.03. The Morgan fingerprint density at radius 3 is 3.23 bits per heavy atom. The lowest BCUT2D eigenvalue weighted by Crippen LogP contribution is -2.05. The fourth-order valence-electron chi connectivity index (χ4n) is 1.43. The number of fused-ring (bicyclic) bond motifs is 1. The number of nitrogens with zero attached hydrogens (tertiary/aromatic N) is 2. The molecule has 13 heavy (non-hydrogen) atoms. The van der Waals surface area contributed by atoms with Crippen LogP contribution in [0.4, 0.5) is 0 Å². The van der Waals surface area contributed by atoms with Crippen molar-refractivity contribution in [3.63, 3.8) is 0 Å². The van der Waals surface area contributed by atoms with Crippen LogP contribution in [0.25, 0.3) is 11.0 Å². The smallest absolute Gasteiger partial charge is 0.276 e. The van der Waals surface area contributed by atoms with E-state index in [2.05, 4.69) is 16.9 Å². The van der Waals surface area contributed by atoms with Crippen LogP contribution in [0.3, 0.4) is 0 Å². The summed E-state index contributed by atoms with van der Waals surface area (Å²) in [6.45, 7) is 3.00. The lowest BCUT2D eigenvalue weighted by molar-refractivity contribution is 0.697. The minimum absolute atomic E-state index is 0.118. The van der Waals surface area contributed by atoms with Crippen LogP contribution in [0.1, 0.15) is 13.3 Å². The zero-order valence-electron chi connectivity index (χ0n) is 7.45. The highest BCUT2D eigenvalue weighted by molar-refractivity contribution is 5.73. The number of hydrogen-bond acceptors (Lipinski definition) is 2. The number of rotatable bonds is 2. The van der Waals surface area contributed by atoms with Gasteiger partial charge in [-0.3, -0.25) is 4.79 Å². The Hall–Kier alpha value is -1.58. The third kappa shape index (κ3) is 1.24. The number of imidazole rings is 1. The first-order chi connectivity index (χ1) is 6.33. The van der Waals surface area contributed by atoms with Gasteiger partial charge in [-0.1, -0.05) is 6.92 Å². The van der Waals surface area contributed by atoms with Crippen LogP contribution in [-0.2, 0) is 6.54 Å². The molecule has 0 unspecified atom stereocenters. The van der Waals surface area contributed by atoms with Crippen molar-refractivity contribution in [2.45, 2.75) is 19.9 Å². The molecular formula is C9H11N3O. The molecule has 0 aliphatic heterocycles. The summed E-state index contributed by atoms with van der Waals surface area (Å²) in [5, 5.41) is 0. The molecular weight excluding hydrogens is 166 g/mol. The third-order valence-electron chi connectivity index (χ3n) is 2.01. The van der Waals surface area contributed by atoms with Crippen molar-refractivity contribution in [3.05, 3.63) is 28.9 Å². The Kier molecular flexibility index (Phi) is 1.88. The molecule has 0 saturated carbocycles. The van der Waals surface area contributed by atoms with Crippen molar-refractivity contribution in [1.82, 2.24) is 14.5 Å². The van der Waals surface area contributed by atoms with Gasteiger partial charge in [-0.25, -0.2) is 4.98 Å². The Morgan fingerprint density at radius 2 is 2.46 bits per heavy atom. The van der Waals surface area contributed by atoms with Crippen molar-refractivity contribution in [3.8, 4) is 0 Å². The van der Waals surface area contributed by atoms with Crippen molar-refractivity contribution in [1.29, 1.82) is 0 Å². The van der Waals surface area contributed by atoms with Crippen LogP contribution < -0.4 is 5.56 Å². The quantitative estimate of drug-likeness (QED) is 0.747. The number of nitrogens with one attached hydrogen (secondary N) is 1. The summed E-state index contributed by atoms with van der Waals surface area (Å²) in [7, 11) is 0. The van der Waals surface area contributed by atoms with Crippen LogP contribution in [0, 0.1) is 0 Å². The Balaban J connectivity index is 2.68. The molecule has 2 rings (SSSR count). The first-order valence-electron chi connectivity index (χ1n) is 4.35. The third-order valence-corrected chi connectivity index (χ3v) is 2.01. The highest BCUT2D eigenvalue weighted by Crippen LogP contribution is 2.07. The minimum atomic E-state index is -0.118. The summed E-state index contributed by atoms with van der Waals surface area (Å²) in [6, 6.07) is 1.87. The van der Waals surface area contributed by atoms with E-state index in [4.69, 9.17) is 0 Å². The fourth-order valence-corrected chi connectivity index (χ4v) is 1.43.